The fraction of sp³-hybridized carbons (Fsp3) is 1.00. The first-order valence-electron chi connectivity index (χ1n) is 5.70. The number of nitrogens with one attached hydrogen (secondary N) is 1. The summed E-state index contributed by atoms with van der Waals surface area (Å²) in [6, 6.07) is 1.70. The summed E-state index contributed by atoms with van der Waals surface area (Å²) in [6.07, 6.45) is 5.60. The quantitative estimate of drug-likeness (QED) is 0.695. The molecule has 1 aliphatic heterocycles. The summed E-state index contributed by atoms with van der Waals surface area (Å²) in [6.45, 7) is 4.80. The van der Waals surface area contributed by atoms with Crippen LogP contribution in [0.3, 0.4) is 0 Å². The molecule has 76 valence electrons. The van der Waals surface area contributed by atoms with Crippen LogP contribution in [-0.2, 0) is 0 Å². The molecule has 0 spiro atoms. The van der Waals surface area contributed by atoms with Crippen LogP contribution < -0.4 is 5.32 Å². The first kappa shape index (κ1) is 9.47. The maximum atomic E-state index is 3.49. The number of nitrogens with zero attached hydrogens (tertiary/aromatic N) is 1. The van der Waals surface area contributed by atoms with E-state index >= 15 is 0 Å². The third kappa shape index (κ3) is 2.05. The Morgan fingerprint density at radius 1 is 1.23 bits per heavy atom. The van der Waals surface area contributed by atoms with Crippen LogP contribution in [0.2, 0.25) is 0 Å². The van der Waals surface area contributed by atoms with E-state index in [2.05, 4.69) is 24.2 Å². The second kappa shape index (κ2) is 3.97. The van der Waals surface area contributed by atoms with E-state index in [0.29, 0.717) is 0 Å². The van der Waals surface area contributed by atoms with Gasteiger partial charge in [0.15, 0.2) is 0 Å². The molecule has 1 atom stereocenters. The van der Waals surface area contributed by atoms with Gasteiger partial charge in [-0.05, 0) is 45.2 Å². The van der Waals surface area contributed by atoms with E-state index in [9.17, 15) is 0 Å². The molecule has 1 aliphatic carbocycles. The molecule has 0 aromatic heterocycles. The zero-order valence-corrected chi connectivity index (χ0v) is 8.92. The van der Waals surface area contributed by atoms with Crippen LogP contribution in [0.5, 0.6) is 0 Å². The van der Waals surface area contributed by atoms with Crippen LogP contribution in [0, 0.1) is 5.92 Å². The fourth-order valence-corrected chi connectivity index (χ4v) is 2.67. The third-order valence-corrected chi connectivity index (χ3v) is 3.77. The second-order valence-corrected chi connectivity index (χ2v) is 4.90. The predicted octanol–water partition coefficient (Wildman–Crippen LogP) is 1.47. The zero-order chi connectivity index (χ0) is 9.26. The van der Waals surface area contributed by atoms with Crippen LogP contribution in [0.25, 0.3) is 0 Å². The van der Waals surface area contributed by atoms with Gasteiger partial charge in [-0.2, -0.15) is 0 Å². The summed E-state index contributed by atoms with van der Waals surface area (Å²) in [4.78, 5) is 2.62. The Balaban J connectivity index is 1.78. The van der Waals surface area contributed by atoms with Gasteiger partial charge in [-0.3, -0.25) is 4.90 Å². The average molecular weight is 182 g/mol. The van der Waals surface area contributed by atoms with Crippen molar-refractivity contribution in [2.45, 2.75) is 44.7 Å². The van der Waals surface area contributed by atoms with Crippen molar-refractivity contribution in [3.63, 3.8) is 0 Å². The van der Waals surface area contributed by atoms with Crippen molar-refractivity contribution in [2.24, 2.45) is 5.92 Å². The van der Waals surface area contributed by atoms with Gasteiger partial charge >= 0.3 is 0 Å². The maximum Gasteiger partial charge on any atom is 0.0221 e. The minimum Gasteiger partial charge on any atom is -0.315 e. The Morgan fingerprint density at radius 2 is 2.00 bits per heavy atom. The van der Waals surface area contributed by atoms with Gasteiger partial charge in [0.1, 0.15) is 0 Å². The summed E-state index contributed by atoms with van der Waals surface area (Å²) >= 11 is 0. The number of hydrogen-bond donors (Lipinski definition) is 1. The van der Waals surface area contributed by atoms with Gasteiger partial charge in [0.2, 0.25) is 0 Å². The van der Waals surface area contributed by atoms with E-state index in [0.717, 1.165) is 18.0 Å². The fourth-order valence-electron chi connectivity index (χ4n) is 2.67. The highest BCUT2D eigenvalue weighted by Crippen LogP contribution is 2.32. The highest BCUT2D eigenvalue weighted by Gasteiger charge is 2.32. The van der Waals surface area contributed by atoms with Crippen LogP contribution in [0.15, 0.2) is 0 Å². The van der Waals surface area contributed by atoms with Crippen LogP contribution >= 0.6 is 0 Å². The maximum absolute atomic E-state index is 3.49. The molecule has 2 nitrogen and oxygen atoms in total. The van der Waals surface area contributed by atoms with E-state index < -0.39 is 0 Å². The van der Waals surface area contributed by atoms with E-state index in [1.165, 1.54) is 38.8 Å². The van der Waals surface area contributed by atoms with Crippen LogP contribution in [0.4, 0.5) is 0 Å². The summed E-state index contributed by atoms with van der Waals surface area (Å²) in [5, 5.41) is 3.49. The van der Waals surface area contributed by atoms with Crippen molar-refractivity contribution in [1.82, 2.24) is 10.2 Å². The smallest absolute Gasteiger partial charge is 0.0221 e. The Hall–Kier alpha value is -0.0800. The van der Waals surface area contributed by atoms with Crippen LogP contribution in [0.1, 0.15) is 32.6 Å². The molecule has 0 aromatic rings. The first-order valence-corrected chi connectivity index (χ1v) is 5.70. The Bertz CT molecular complexity index is 157. The molecule has 1 saturated carbocycles. The molecule has 1 N–H and O–H groups in total. The summed E-state index contributed by atoms with van der Waals surface area (Å²) in [7, 11) is 2.31. The Kier molecular flexibility index (Phi) is 2.89. The Morgan fingerprint density at radius 3 is 2.54 bits per heavy atom. The lowest BCUT2D eigenvalue weighted by Crippen LogP contribution is -2.52. The summed E-state index contributed by atoms with van der Waals surface area (Å²) in [5.74, 6) is 0.976. The van der Waals surface area contributed by atoms with Crippen molar-refractivity contribution in [3.8, 4) is 0 Å². The van der Waals surface area contributed by atoms with Crippen molar-refractivity contribution in [1.29, 1.82) is 0 Å². The zero-order valence-electron chi connectivity index (χ0n) is 8.92. The lowest BCUT2D eigenvalue weighted by atomic mass is 9.80. The van der Waals surface area contributed by atoms with Gasteiger partial charge in [0.25, 0.3) is 0 Å². The minimum absolute atomic E-state index is 0.811. The highest BCUT2D eigenvalue weighted by atomic mass is 15.2. The molecular formula is C11H22N2. The van der Waals surface area contributed by atoms with Gasteiger partial charge in [-0.15, -0.1) is 0 Å². The topological polar surface area (TPSA) is 15.3 Å². The molecular weight excluding hydrogens is 160 g/mol. The number of hydrogen-bond acceptors (Lipinski definition) is 2. The largest absolute Gasteiger partial charge is 0.315 e. The Labute approximate surface area is 81.7 Å². The third-order valence-electron chi connectivity index (χ3n) is 3.77. The predicted molar refractivity (Wildman–Crippen MR) is 55.8 cm³/mol. The highest BCUT2D eigenvalue weighted by molar-refractivity contribution is 4.88. The van der Waals surface area contributed by atoms with Crippen molar-refractivity contribution in [2.75, 3.05) is 20.1 Å². The molecule has 1 unspecified atom stereocenters. The second-order valence-electron chi connectivity index (χ2n) is 4.90. The number of piperidine rings is 1. The van der Waals surface area contributed by atoms with E-state index in [4.69, 9.17) is 0 Å². The van der Waals surface area contributed by atoms with Crippen molar-refractivity contribution < 1.29 is 0 Å². The normalized spacial score (nSPS) is 40.4. The van der Waals surface area contributed by atoms with E-state index in [-0.39, 0.29) is 0 Å². The molecule has 2 rings (SSSR count). The summed E-state index contributed by atoms with van der Waals surface area (Å²) < 4.78 is 0. The van der Waals surface area contributed by atoms with E-state index in [1.54, 1.807) is 0 Å². The SMILES string of the molecule is CC1CC(N(C)C2CCCNC2)C1. The van der Waals surface area contributed by atoms with Crippen molar-refractivity contribution >= 4 is 0 Å². The molecule has 0 radical (unpaired) electrons. The standard InChI is InChI=1S/C11H22N2/c1-9-6-11(7-9)13(2)10-4-3-5-12-8-10/h9-12H,3-8H2,1-2H3. The molecule has 13 heavy (non-hydrogen) atoms. The minimum atomic E-state index is 0.811. The van der Waals surface area contributed by atoms with Crippen LogP contribution in [-0.4, -0.2) is 37.1 Å². The molecule has 0 bridgehead atoms. The lowest BCUT2D eigenvalue weighted by Gasteiger charge is -2.44. The molecule has 2 aliphatic rings. The lowest BCUT2D eigenvalue weighted by molar-refractivity contribution is 0.0620. The molecule has 2 heteroatoms. The first-order chi connectivity index (χ1) is 6.27. The van der Waals surface area contributed by atoms with Gasteiger partial charge in [-0.1, -0.05) is 6.92 Å². The van der Waals surface area contributed by atoms with Crippen molar-refractivity contribution in [3.05, 3.63) is 0 Å². The monoisotopic (exact) mass is 182 g/mol. The van der Waals surface area contributed by atoms with Gasteiger partial charge < -0.3 is 5.32 Å². The van der Waals surface area contributed by atoms with Gasteiger partial charge in [0.05, 0.1) is 0 Å². The van der Waals surface area contributed by atoms with Gasteiger partial charge in [0, 0.05) is 18.6 Å². The number of rotatable bonds is 2. The summed E-state index contributed by atoms with van der Waals surface area (Å²) in [5.41, 5.74) is 0. The average Bonchev–Trinajstić information content (AvgIpc) is 2.13. The van der Waals surface area contributed by atoms with E-state index in [1.807, 2.05) is 0 Å². The molecule has 1 saturated heterocycles. The number of likely N-dealkylation sites (N-methyl/N-ethyl adjacent to an activating group) is 1. The molecule has 0 aromatic carbocycles. The van der Waals surface area contributed by atoms with Gasteiger partial charge in [-0.25, -0.2) is 0 Å². The molecule has 1 heterocycles. The molecule has 0 amide bonds. The molecule has 2 fully saturated rings.